The third kappa shape index (κ3) is 5.70. The molecule has 1 aliphatic rings. The van der Waals surface area contributed by atoms with E-state index >= 15 is 0 Å². The van der Waals surface area contributed by atoms with E-state index in [1.807, 2.05) is 22.9 Å². The number of aromatic nitrogens is 6. The molecule has 0 spiro atoms. The second-order valence-corrected chi connectivity index (χ2v) is 7.53. The van der Waals surface area contributed by atoms with Gasteiger partial charge in [0.15, 0.2) is 6.23 Å². The minimum atomic E-state index is -0.322. The minimum Gasteiger partial charge on any atom is -0.492 e. The third-order valence-electron chi connectivity index (χ3n) is 5.13. The molecule has 3 aromatic rings. The van der Waals surface area contributed by atoms with Gasteiger partial charge in [0.2, 0.25) is 0 Å². The van der Waals surface area contributed by atoms with Crippen molar-refractivity contribution in [2.24, 2.45) is 0 Å². The Kier molecular flexibility index (Phi) is 7.44. The lowest BCUT2D eigenvalue weighted by Gasteiger charge is -2.24. The Morgan fingerprint density at radius 1 is 1.28 bits per heavy atom. The summed E-state index contributed by atoms with van der Waals surface area (Å²) in [5, 5.41) is 12.5. The fourth-order valence-corrected chi connectivity index (χ4v) is 3.59. The van der Waals surface area contributed by atoms with Crippen LogP contribution in [-0.4, -0.2) is 55.5 Å². The maximum atomic E-state index is 11.5. The first kappa shape index (κ1) is 21.9. The summed E-state index contributed by atoms with van der Waals surface area (Å²) in [5.74, 6) is 0.386. The zero-order valence-corrected chi connectivity index (χ0v) is 18.2. The van der Waals surface area contributed by atoms with Gasteiger partial charge < -0.3 is 14.2 Å². The first-order chi connectivity index (χ1) is 15.7. The van der Waals surface area contributed by atoms with Gasteiger partial charge in [-0.3, -0.25) is 9.78 Å². The molecule has 1 unspecified atom stereocenters. The Hall–Kier alpha value is -3.27. The lowest BCUT2D eigenvalue weighted by molar-refractivity contribution is -0.144. The molecule has 3 aromatic heterocycles. The fraction of sp³-hybridized carbons (Fsp3) is 0.500. The van der Waals surface area contributed by atoms with Crippen molar-refractivity contribution in [3.05, 3.63) is 42.5 Å². The first-order valence-corrected chi connectivity index (χ1v) is 11.0. The van der Waals surface area contributed by atoms with E-state index in [-0.39, 0.29) is 18.7 Å². The van der Waals surface area contributed by atoms with Crippen LogP contribution in [0.1, 0.15) is 44.5 Å². The van der Waals surface area contributed by atoms with E-state index in [2.05, 4.69) is 20.4 Å². The largest absolute Gasteiger partial charge is 0.492 e. The summed E-state index contributed by atoms with van der Waals surface area (Å²) in [4.78, 5) is 16.0. The van der Waals surface area contributed by atoms with Crippen molar-refractivity contribution in [2.75, 3.05) is 19.8 Å². The molecular weight excluding hydrogens is 412 g/mol. The molecule has 1 atom stereocenters. The van der Waals surface area contributed by atoms with Crippen LogP contribution in [0.5, 0.6) is 5.75 Å². The summed E-state index contributed by atoms with van der Waals surface area (Å²) in [6.45, 7) is 3.49. The summed E-state index contributed by atoms with van der Waals surface area (Å²) < 4.78 is 20.0. The van der Waals surface area contributed by atoms with Crippen molar-refractivity contribution in [3.8, 4) is 17.1 Å². The maximum Gasteiger partial charge on any atom is 0.327 e. The van der Waals surface area contributed by atoms with Crippen molar-refractivity contribution in [1.82, 2.24) is 29.8 Å². The van der Waals surface area contributed by atoms with E-state index in [9.17, 15) is 4.79 Å². The van der Waals surface area contributed by atoms with Crippen molar-refractivity contribution in [3.63, 3.8) is 0 Å². The summed E-state index contributed by atoms with van der Waals surface area (Å²) >= 11 is 0. The minimum absolute atomic E-state index is 0.0262. The summed E-state index contributed by atoms with van der Waals surface area (Å²) in [6.07, 6.45) is 9.92. The number of nitrogens with zero attached hydrogens (tertiary/aromatic N) is 6. The molecule has 0 amide bonds. The van der Waals surface area contributed by atoms with Gasteiger partial charge in [-0.05, 0) is 57.2 Å². The Morgan fingerprint density at radius 2 is 2.22 bits per heavy atom. The maximum absolute atomic E-state index is 11.5. The number of ether oxygens (including phenoxy) is 3. The van der Waals surface area contributed by atoms with Crippen LogP contribution in [0.25, 0.3) is 11.4 Å². The van der Waals surface area contributed by atoms with Gasteiger partial charge in [0.1, 0.15) is 12.3 Å². The quantitative estimate of drug-likeness (QED) is 0.350. The van der Waals surface area contributed by atoms with Gasteiger partial charge in [0, 0.05) is 19.0 Å². The van der Waals surface area contributed by atoms with Crippen molar-refractivity contribution in [1.29, 1.82) is 0 Å². The highest BCUT2D eigenvalue weighted by Gasteiger charge is 2.20. The number of hydrogen-bond acceptors (Lipinski definition) is 8. The van der Waals surface area contributed by atoms with Gasteiger partial charge >= 0.3 is 5.97 Å². The highest BCUT2D eigenvalue weighted by atomic mass is 16.5. The van der Waals surface area contributed by atoms with Gasteiger partial charge in [0.25, 0.3) is 0 Å². The summed E-state index contributed by atoms with van der Waals surface area (Å²) in [7, 11) is 0. The SMILES string of the molecule is CCOC(=O)Cn1cc(CCCOc2ccc(-c3ccnn3C3CCCCO3)nc2)nn1. The average Bonchev–Trinajstić information content (AvgIpc) is 3.48. The number of aryl methyl sites for hydroxylation is 1. The van der Waals surface area contributed by atoms with E-state index in [0.29, 0.717) is 25.4 Å². The fourth-order valence-electron chi connectivity index (χ4n) is 3.59. The predicted octanol–water partition coefficient (Wildman–Crippen LogP) is 2.81. The van der Waals surface area contributed by atoms with Crippen LogP contribution in [0.3, 0.4) is 0 Å². The van der Waals surface area contributed by atoms with Crippen LogP contribution < -0.4 is 4.74 Å². The third-order valence-corrected chi connectivity index (χ3v) is 5.13. The van der Waals surface area contributed by atoms with Crippen molar-refractivity contribution < 1.29 is 19.0 Å². The Morgan fingerprint density at radius 3 is 3.00 bits per heavy atom. The molecule has 0 aliphatic carbocycles. The molecule has 1 fully saturated rings. The number of esters is 1. The molecule has 0 bridgehead atoms. The molecule has 32 heavy (non-hydrogen) atoms. The van der Waals surface area contributed by atoms with Gasteiger partial charge in [-0.25, -0.2) is 9.36 Å². The van der Waals surface area contributed by atoms with Crippen LogP contribution >= 0.6 is 0 Å². The van der Waals surface area contributed by atoms with E-state index in [1.54, 1.807) is 25.5 Å². The molecule has 10 nitrogen and oxygen atoms in total. The number of carbonyl (C=O) groups excluding carboxylic acids is 1. The van der Waals surface area contributed by atoms with E-state index in [0.717, 1.165) is 49.4 Å². The van der Waals surface area contributed by atoms with E-state index < -0.39 is 0 Å². The van der Waals surface area contributed by atoms with Gasteiger partial charge in [-0.1, -0.05) is 5.21 Å². The van der Waals surface area contributed by atoms with Gasteiger partial charge in [-0.2, -0.15) is 5.10 Å². The molecular formula is C22H28N6O4. The molecule has 4 heterocycles. The molecule has 0 aromatic carbocycles. The average molecular weight is 441 g/mol. The standard InChI is InChI=1S/C22H28N6O4/c1-2-30-22(29)16-27-15-17(25-26-27)6-5-13-31-18-8-9-19(23-14-18)20-10-11-24-28(20)21-7-3-4-12-32-21/h8-11,14-15,21H,2-7,12-13,16H2,1H3. The first-order valence-electron chi connectivity index (χ1n) is 11.0. The predicted molar refractivity (Wildman–Crippen MR) is 115 cm³/mol. The number of pyridine rings is 1. The summed E-state index contributed by atoms with van der Waals surface area (Å²) in [5.41, 5.74) is 2.58. The number of rotatable bonds is 10. The van der Waals surface area contributed by atoms with Crippen molar-refractivity contribution in [2.45, 2.75) is 51.8 Å². The van der Waals surface area contributed by atoms with Crippen LogP contribution in [0, 0.1) is 0 Å². The molecule has 0 N–H and O–H groups in total. The molecule has 0 radical (unpaired) electrons. The smallest absolute Gasteiger partial charge is 0.327 e. The van der Waals surface area contributed by atoms with Crippen LogP contribution in [0.4, 0.5) is 0 Å². The number of carbonyl (C=O) groups is 1. The highest BCUT2D eigenvalue weighted by molar-refractivity contribution is 5.68. The van der Waals surface area contributed by atoms with Crippen LogP contribution in [0.15, 0.2) is 36.8 Å². The topological polar surface area (TPSA) is 106 Å². The Labute approximate surface area is 186 Å². The van der Waals surface area contributed by atoms with Crippen LogP contribution in [-0.2, 0) is 27.2 Å². The molecule has 170 valence electrons. The Balaban J connectivity index is 1.24. The molecule has 10 heteroatoms. The molecule has 1 saturated heterocycles. The highest BCUT2D eigenvalue weighted by Crippen LogP contribution is 2.27. The second-order valence-electron chi connectivity index (χ2n) is 7.53. The lowest BCUT2D eigenvalue weighted by Crippen LogP contribution is -2.20. The zero-order valence-electron chi connectivity index (χ0n) is 18.2. The summed E-state index contributed by atoms with van der Waals surface area (Å²) in [6, 6.07) is 5.81. The van der Waals surface area contributed by atoms with Gasteiger partial charge in [0.05, 0.1) is 36.5 Å². The lowest BCUT2D eigenvalue weighted by atomic mass is 10.2. The van der Waals surface area contributed by atoms with Gasteiger partial charge in [-0.15, -0.1) is 5.10 Å². The van der Waals surface area contributed by atoms with Crippen molar-refractivity contribution >= 4 is 5.97 Å². The van der Waals surface area contributed by atoms with E-state index in [4.69, 9.17) is 14.2 Å². The Bertz CT molecular complexity index is 994. The van der Waals surface area contributed by atoms with E-state index in [1.165, 1.54) is 4.68 Å². The monoisotopic (exact) mass is 440 g/mol. The second kappa shape index (κ2) is 10.9. The zero-order chi connectivity index (χ0) is 22.2. The molecule has 4 rings (SSSR count). The number of hydrogen-bond donors (Lipinski definition) is 0. The van der Waals surface area contributed by atoms with Crippen LogP contribution in [0.2, 0.25) is 0 Å². The molecule has 0 saturated carbocycles. The normalized spacial score (nSPS) is 16.1. The molecule has 1 aliphatic heterocycles.